The maximum Gasteiger partial charge on any atom is 0.264 e. The highest BCUT2D eigenvalue weighted by atomic mass is 35.5. The van der Waals surface area contributed by atoms with Gasteiger partial charge in [0.05, 0.1) is 41.0 Å². The third-order valence-corrected chi connectivity index (χ3v) is 13.3. The highest BCUT2D eigenvalue weighted by Gasteiger charge is 2.45. The number of carbonyl (C=O) groups is 1. The molecule has 11 heteroatoms. The Bertz CT molecular complexity index is 1860. The minimum Gasteiger partial charge on any atom is -0.491 e. The number of anilines is 1. The first kappa shape index (κ1) is 34.0. The van der Waals surface area contributed by atoms with Gasteiger partial charge < -0.3 is 14.4 Å². The van der Waals surface area contributed by atoms with Crippen LogP contribution < -0.4 is 14.4 Å². The average Bonchev–Trinajstić information content (AvgIpc) is 3.09. The number of sulfonamides is 1. The van der Waals surface area contributed by atoms with Crippen LogP contribution in [0, 0.1) is 29.5 Å². The molecule has 4 bridgehead atoms. The highest BCUT2D eigenvalue weighted by Crippen LogP contribution is 2.48. The minimum atomic E-state index is -3.99. The molecule has 1 N–H and O–H groups in total. The molecule has 6 atom stereocenters. The molecule has 0 spiro atoms. The van der Waals surface area contributed by atoms with Gasteiger partial charge in [-0.3, -0.25) is 9.78 Å². The molecular formula is C38H43ClFN3O5S. The monoisotopic (exact) mass is 707 g/mol. The first-order valence-electron chi connectivity index (χ1n) is 17.3. The minimum absolute atomic E-state index is 0.0521. The predicted molar refractivity (Wildman–Crippen MR) is 188 cm³/mol. The number of hydrogen-bond donors (Lipinski definition) is 1. The van der Waals surface area contributed by atoms with Crippen molar-refractivity contribution in [3.8, 4) is 5.75 Å². The van der Waals surface area contributed by atoms with Crippen LogP contribution in [0.5, 0.6) is 5.75 Å². The lowest BCUT2D eigenvalue weighted by Gasteiger charge is -2.47. The van der Waals surface area contributed by atoms with E-state index in [2.05, 4.69) is 20.7 Å². The number of aromatic nitrogens is 1. The summed E-state index contributed by atoms with van der Waals surface area (Å²) >= 11 is 6.27. The fourth-order valence-electron chi connectivity index (χ4n) is 7.76. The van der Waals surface area contributed by atoms with Gasteiger partial charge in [0.1, 0.15) is 11.6 Å². The maximum atomic E-state index is 15.5. The van der Waals surface area contributed by atoms with E-state index in [1.165, 1.54) is 5.57 Å². The molecule has 0 radical (unpaired) electrons. The second kappa shape index (κ2) is 14.0. The summed E-state index contributed by atoms with van der Waals surface area (Å²) in [4.78, 5) is 20.2. The van der Waals surface area contributed by atoms with Crippen LogP contribution in [0.4, 0.5) is 10.1 Å². The lowest BCUT2D eigenvalue weighted by atomic mass is 9.64. The van der Waals surface area contributed by atoms with E-state index in [-0.39, 0.29) is 40.4 Å². The highest BCUT2D eigenvalue weighted by molar-refractivity contribution is 7.90. The second-order valence-electron chi connectivity index (χ2n) is 14.1. The Hall–Kier alpha value is -3.47. The third kappa shape index (κ3) is 6.97. The number of rotatable bonds is 3. The van der Waals surface area contributed by atoms with Gasteiger partial charge in [-0.15, -0.1) is 0 Å². The molecule has 1 fully saturated rings. The number of halogens is 2. The van der Waals surface area contributed by atoms with Crippen molar-refractivity contribution in [3.63, 3.8) is 0 Å². The summed E-state index contributed by atoms with van der Waals surface area (Å²) < 4.78 is 58.0. The van der Waals surface area contributed by atoms with E-state index < -0.39 is 27.0 Å². The first-order chi connectivity index (χ1) is 23.6. The van der Waals surface area contributed by atoms with Gasteiger partial charge in [-0.2, -0.15) is 0 Å². The summed E-state index contributed by atoms with van der Waals surface area (Å²) in [6.07, 6.45) is 8.49. The average molecular weight is 708 g/mol. The van der Waals surface area contributed by atoms with E-state index in [0.29, 0.717) is 56.1 Å². The number of allylic oxidation sites excluding steroid dienone is 1. The molecule has 260 valence electrons. The molecule has 3 aliphatic heterocycles. The van der Waals surface area contributed by atoms with Crippen LogP contribution in [0.1, 0.15) is 73.1 Å². The van der Waals surface area contributed by atoms with Crippen molar-refractivity contribution in [2.45, 2.75) is 76.9 Å². The number of amides is 1. The molecule has 5 aliphatic rings. The van der Waals surface area contributed by atoms with Crippen molar-refractivity contribution in [1.82, 2.24) is 9.71 Å². The van der Waals surface area contributed by atoms with Crippen molar-refractivity contribution < 1.29 is 27.1 Å². The first-order valence-corrected chi connectivity index (χ1v) is 19.3. The van der Waals surface area contributed by atoms with E-state index in [9.17, 15) is 13.2 Å². The van der Waals surface area contributed by atoms with Gasteiger partial charge in [0.15, 0.2) is 0 Å². The zero-order valence-electron chi connectivity index (χ0n) is 27.9. The fraction of sp³-hybridized carbons (Fsp3) is 0.474. The Balaban J connectivity index is 1.31. The summed E-state index contributed by atoms with van der Waals surface area (Å²) in [6, 6.07) is 14.4. The molecule has 4 heterocycles. The number of nitrogens with one attached hydrogen (secondary N) is 1. The zero-order chi connectivity index (χ0) is 34.3. The molecule has 1 saturated carbocycles. The van der Waals surface area contributed by atoms with Gasteiger partial charge in [0.2, 0.25) is 10.0 Å². The molecule has 8 rings (SSSR count). The van der Waals surface area contributed by atoms with Crippen molar-refractivity contribution in [1.29, 1.82) is 0 Å². The number of fused-ring (bicyclic) bond motifs is 5. The number of hydrogen-bond acceptors (Lipinski definition) is 7. The summed E-state index contributed by atoms with van der Waals surface area (Å²) in [6.45, 7) is 5.38. The second-order valence-corrected chi connectivity index (χ2v) is 16.5. The third-order valence-electron chi connectivity index (χ3n) is 11.2. The number of carbonyl (C=O) groups excluding carboxylic acids is 1. The van der Waals surface area contributed by atoms with Crippen LogP contribution in [-0.2, 0) is 34.3 Å². The van der Waals surface area contributed by atoms with Gasteiger partial charge in [-0.05, 0) is 122 Å². The summed E-state index contributed by atoms with van der Waals surface area (Å²) in [5, 5.41) is -0.698. The predicted octanol–water partition coefficient (Wildman–Crippen LogP) is 7.25. The molecule has 8 nitrogen and oxygen atoms in total. The van der Waals surface area contributed by atoms with Gasteiger partial charge >= 0.3 is 0 Å². The summed E-state index contributed by atoms with van der Waals surface area (Å²) in [5.74, 6) is -0.173. The van der Waals surface area contributed by atoms with E-state index in [1.807, 2.05) is 31.2 Å². The molecule has 0 unspecified atom stereocenters. The number of benzene rings is 2. The van der Waals surface area contributed by atoms with Crippen LogP contribution in [0.25, 0.3) is 0 Å². The Kier molecular flexibility index (Phi) is 9.74. The molecule has 2 aliphatic carbocycles. The van der Waals surface area contributed by atoms with Crippen LogP contribution >= 0.6 is 11.6 Å². The molecule has 2 aromatic carbocycles. The van der Waals surface area contributed by atoms with Crippen molar-refractivity contribution in [2.24, 2.45) is 23.7 Å². The molecular weight excluding hydrogens is 665 g/mol. The van der Waals surface area contributed by atoms with E-state index in [4.69, 9.17) is 21.1 Å². The molecule has 1 amide bonds. The van der Waals surface area contributed by atoms with Crippen LogP contribution in [0.2, 0.25) is 5.02 Å². The van der Waals surface area contributed by atoms with Crippen molar-refractivity contribution in [2.75, 3.05) is 18.1 Å². The standard InChI is InChI=1S/C38H43ClFN3O5S/c1-23-24(2)49(45,46)42-38(44)25-11-14-35-34(19-25)43(20-26-10-13-33(39)36(40)31(26)8-4-6-16-47-35)21-27-9-12-32(27)37(29-17-28(23)18-29)48-22-30-7-3-5-15-41-30/h3,5,7,10-11,13-15,17,19,23-24,27-28,32,37H,4,6,8-9,12,16,18,20-22H2,1-2H3,(H,42,44)/t23-,24-,27+,28+,32-,37+/m1/s1. The smallest absolute Gasteiger partial charge is 0.264 e. The lowest BCUT2D eigenvalue weighted by Crippen LogP contribution is -2.47. The quantitative estimate of drug-likeness (QED) is 0.287. The molecule has 1 aromatic heterocycles. The van der Waals surface area contributed by atoms with Crippen molar-refractivity contribution in [3.05, 3.63) is 99.6 Å². The largest absolute Gasteiger partial charge is 0.491 e. The SMILES string of the molecule is C[C@@H]1[C@@H](C)S(=O)(=O)NC(=O)c2ccc3c(c2)N(Cc2ccc(Cl)c(F)c2CCCCO3)C[C@@H]2CC[C@H]2[C@@H](OCc2ccccn2)C2=C[C@H]1C2. The fourth-order valence-corrected chi connectivity index (χ4v) is 9.27. The van der Waals surface area contributed by atoms with Crippen LogP contribution in [0.15, 0.2) is 66.4 Å². The Morgan fingerprint density at radius 2 is 1.96 bits per heavy atom. The summed E-state index contributed by atoms with van der Waals surface area (Å²) in [7, 11) is -3.99. The number of nitrogens with zero attached hydrogens (tertiary/aromatic N) is 2. The summed E-state index contributed by atoms with van der Waals surface area (Å²) in [5.41, 5.74) is 4.35. The number of pyridine rings is 1. The molecule has 3 aromatic rings. The van der Waals surface area contributed by atoms with E-state index in [1.54, 1.807) is 37.4 Å². The Morgan fingerprint density at radius 3 is 2.71 bits per heavy atom. The molecule has 0 saturated heterocycles. The maximum absolute atomic E-state index is 15.5. The Morgan fingerprint density at radius 1 is 1.12 bits per heavy atom. The van der Waals surface area contributed by atoms with Crippen LogP contribution in [0.3, 0.4) is 0 Å². The van der Waals surface area contributed by atoms with Gasteiger partial charge in [-0.25, -0.2) is 17.5 Å². The van der Waals surface area contributed by atoms with Gasteiger partial charge in [-0.1, -0.05) is 36.7 Å². The van der Waals surface area contributed by atoms with Gasteiger partial charge in [0.25, 0.3) is 5.91 Å². The van der Waals surface area contributed by atoms with Crippen molar-refractivity contribution >= 4 is 33.2 Å². The van der Waals surface area contributed by atoms with E-state index in [0.717, 1.165) is 36.9 Å². The number of ether oxygens (including phenoxy) is 2. The molecule has 49 heavy (non-hydrogen) atoms. The van der Waals surface area contributed by atoms with Crippen LogP contribution in [-0.4, -0.2) is 43.8 Å². The Labute approximate surface area is 293 Å². The lowest BCUT2D eigenvalue weighted by molar-refractivity contribution is -0.0359. The topological polar surface area (TPSA) is 97.8 Å². The van der Waals surface area contributed by atoms with Gasteiger partial charge in [0, 0.05) is 24.8 Å². The van der Waals surface area contributed by atoms with E-state index >= 15 is 4.39 Å². The normalized spacial score (nSPS) is 28.2. The zero-order valence-corrected chi connectivity index (χ0v) is 29.5.